The molecule has 0 aliphatic carbocycles. The first kappa shape index (κ1) is 23.4. The summed E-state index contributed by atoms with van der Waals surface area (Å²) in [6.07, 6.45) is 2.74. The average molecular weight is 459 g/mol. The van der Waals surface area contributed by atoms with E-state index >= 15 is 0 Å². The van der Waals surface area contributed by atoms with Gasteiger partial charge in [0.1, 0.15) is 5.75 Å². The van der Waals surface area contributed by atoms with Gasteiger partial charge in [0.2, 0.25) is 10.2 Å². The zero-order valence-corrected chi connectivity index (χ0v) is 19.2. The van der Waals surface area contributed by atoms with Crippen LogP contribution in [0.2, 0.25) is 0 Å². The summed E-state index contributed by atoms with van der Waals surface area (Å²) in [4.78, 5) is 23.8. The minimum absolute atomic E-state index is 0.0174. The Bertz CT molecular complexity index is 1140. The topological polar surface area (TPSA) is 43.4 Å². The molecule has 0 aromatic heterocycles. The van der Waals surface area contributed by atoms with Crippen molar-refractivity contribution in [2.45, 2.75) is 11.8 Å². The Hall–Kier alpha value is -3.28. The lowest BCUT2D eigenvalue weighted by Gasteiger charge is -2.07. The number of hydrogen-bond acceptors (Lipinski definition) is 5. The molecule has 32 heavy (non-hydrogen) atoms. The van der Waals surface area contributed by atoms with Crippen molar-refractivity contribution in [3.63, 3.8) is 0 Å². The van der Waals surface area contributed by atoms with Crippen LogP contribution in [0.3, 0.4) is 0 Å². The molecule has 3 aromatic carbocycles. The van der Waals surface area contributed by atoms with E-state index in [-0.39, 0.29) is 10.2 Å². The fourth-order valence-electron chi connectivity index (χ4n) is 2.74. The van der Waals surface area contributed by atoms with Gasteiger partial charge < -0.3 is 4.74 Å². The lowest BCUT2D eigenvalue weighted by Crippen LogP contribution is -1.90. The third kappa shape index (κ3) is 6.61. The van der Waals surface area contributed by atoms with Crippen LogP contribution in [-0.4, -0.2) is 10.2 Å². The molecule has 0 amide bonds. The number of rotatable bonds is 8. The monoisotopic (exact) mass is 458 g/mol. The maximum absolute atomic E-state index is 11.8. The summed E-state index contributed by atoms with van der Waals surface area (Å²) in [5, 5.41) is 1.44. The standard InChI is InChI=1S/C27H22O3S2/c1-4-26(28)31-18-17-30-24-13-9-22(10-14-24)20-5-7-21(8-6-20)23-11-15-25(16-12-23)32-27(29)19(2)3/h4-18H,1-2H2,3H3/b18-17-. The fourth-order valence-corrected chi connectivity index (χ4v) is 3.74. The molecule has 5 heteroatoms. The molecule has 0 fully saturated rings. The second kappa shape index (κ2) is 11.4. The SMILES string of the molecule is C=CC(=O)S/C=C\Oc1ccc(-c2ccc(-c3ccc(SC(=O)C(=C)C)cc3)cc2)cc1. The number of ether oxygens (including phenoxy) is 1. The first-order valence-electron chi connectivity index (χ1n) is 9.79. The Morgan fingerprint density at radius 2 is 1.28 bits per heavy atom. The summed E-state index contributed by atoms with van der Waals surface area (Å²) in [5.74, 6) is 0.691. The third-order valence-corrected chi connectivity index (χ3v) is 6.12. The first-order chi connectivity index (χ1) is 15.5. The Morgan fingerprint density at radius 1 is 0.812 bits per heavy atom. The molecule has 0 radical (unpaired) electrons. The van der Waals surface area contributed by atoms with Gasteiger partial charge in [-0.1, -0.05) is 73.5 Å². The zero-order chi connectivity index (χ0) is 22.9. The summed E-state index contributed by atoms with van der Waals surface area (Å²) in [7, 11) is 0. The predicted molar refractivity (Wildman–Crippen MR) is 136 cm³/mol. The first-order valence-corrected chi connectivity index (χ1v) is 11.5. The van der Waals surface area contributed by atoms with Gasteiger partial charge in [-0.05, 0) is 76.9 Å². The van der Waals surface area contributed by atoms with Crippen LogP contribution in [0.5, 0.6) is 5.75 Å². The van der Waals surface area contributed by atoms with Gasteiger partial charge in [-0.3, -0.25) is 9.59 Å². The van der Waals surface area contributed by atoms with Crippen molar-refractivity contribution in [3.8, 4) is 28.0 Å². The van der Waals surface area contributed by atoms with E-state index in [0.29, 0.717) is 11.3 Å². The Morgan fingerprint density at radius 3 is 1.75 bits per heavy atom. The highest BCUT2D eigenvalue weighted by Gasteiger charge is 2.06. The third-order valence-electron chi connectivity index (χ3n) is 4.43. The molecule has 0 atom stereocenters. The number of hydrogen-bond donors (Lipinski definition) is 0. The number of carbonyl (C=O) groups is 2. The van der Waals surface area contributed by atoms with Crippen LogP contribution in [0.1, 0.15) is 6.92 Å². The second-order valence-electron chi connectivity index (χ2n) is 6.83. The van der Waals surface area contributed by atoms with Crippen molar-refractivity contribution in [2.75, 3.05) is 0 Å². The number of benzene rings is 3. The lowest BCUT2D eigenvalue weighted by atomic mass is 10.0. The van der Waals surface area contributed by atoms with Crippen LogP contribution in [0.4, 0.5) is 0 Å². The van der Waals surface area contributed by atoms with Crippen molar-refractivity contribution < 1.29 is 14.3 Å². The van der Waals surface area contributed by atoms with E-state index in [1.807, 2.05) is 48.5 Å². The predicted octanol–water partition coefficient (Wildman–Crippen LogP) is 7.51. The maximum Gasteiger partial charge on any atom is 0.219 e. The summed E-state index contributed by atoms with van der Waals surface area (Å²) in [5.41, 5.74) is 4.92. The Kier molecular flexibility index (Phi) is 8.31. The number of carbonyl (C=O) groups excluding carboxylic acids is 2. The average Bonchev–Trinajstić information content (AvgIpc) is 2.82. The highest BCUT2D eigenvalue weighted by atomic mass is 32.2. The normalized spacial score (nSPS) is 10.7. The van der Waals surface area contributed by atoms with Gasteiger partial charge >= 0.3 is 0 Å². The molecular weight excluding hydrogens is 436 g/mol. The van der Waals surface area contributed by atoms with Crippen molar-refractivity contribution in [1.29, 1.82) is 0 Å². The van der Waals surface area contributed by atoms with Gasteiger partial charge in [0, 0.05) is 10.3 Å². The van der Waals surface area contributed by atoms with Crippen LogP contribution in [0.15, 0.2) is 114 Å². The summed E-state index contributed by atoms with van der Waals surface area (Å²) in [6.45, 7) is 8.82. The molecule has 0 bridgehead atoms. The number of thioether (sulfide) groups is 2. The van der Waals surface area contributed by atoms with Gasteiger partial charge in [-0.2, -0.15) is 0 Å². The molecular formula is C27H22O3S2. The molecule has 0 aliphatic rings. The van der Waals surface area contributed by atoms with E-state index in [0.717, 1.165) is 38.9 Å². The smallest absolute Gasteiger partial charge is 0.219 e. The van der Waals surface area contributed by atoms with E-state index in [2.05, 4.69) is 37.4 Å². The van der Waals surface area contributed by atoms with E-state index < -0.39 is 0 Å². The Balaban J connectivity index is 1.63. The van der Waals surface area contributed by atoms with Crippen LogP contribution in [0, 0.1) is 0 Å². The molecule has 3 aromatic rings. The van der Waals surface area contributed by atoms with Crippen molar-refractivity contribution in [1.82, 2.24) is 0 Å². The summed E-state index contributed by atoms with van der Waals surface area (Å²) in [6, 6.07) is 24.0. The molecule has 0 aliphatic heterocycles. The van der Waals surface area contributed by atoms with Gasteiger partial charge in [0.15, 0.2) is 0 Å². The van der Waals surface area contributed by atoms with E-state index in [9.17, 15) is 9.59 Å². The molecule has 0 spiro atoms. The summed E-state index contributed by atoms with van der Waals surface area (Å²) >= 11 is 2.21. The van der Waals surface area contributed by atoms with Gasteiger partial charge in [-0.15, -0.1) is 0 Å². The minimum Gasteiger partial charge on any atom is -0.464 e. The van der Waals surface area contributed by atoms with Crippen LogP contribution in [0.25, 0.3) is 22.3 Å². The minimum atomic E-state index is -0.128. The van der Waals surface area contributed by atoms with Crippen LogP contribution >= 0.6 is 23.5 Å². The van der Waals surface area contributed by atoms with Gasteiger partial charge in [0.05, 0.1) is 6.26 Å². The fraction of sp³-hybridized carbons (Fsp3) is 0.0370. The van der Waals surface area contributed by atoms with Crippen LogP contribution in [-0.2, 0) is 9.59 Å². The quantitative estimate of drug-likeness (QED) is 0.198. The van der Waals surface area contributed by atoms with Gasteiger partial charge in [-0.25, -0.2) is 0 Å². The molecule has 0 N–H and O–H groups in total. The highest BCUT2D eigenvalue weighted by molar-refractivity contribution is 8.16. The largest absolute Gasteiger partial charge is 0.464 e. The van der Waals surface area contributed by atoms with E-state index in [1.165, 1.54) is 24.1 Å². The second-order valence-corrected chi connectivity index (χ2v) is 8.78. The molecule has 0 saturated carbocycles. The van der Waals surface area contributed by atoms with Crippen molar-refractivity contribution in [3.05, 3.63) is 109 Å². The Labute approximate surface area is 196 Å². The lowest BCUT2D eigenvalue weighted by molar-refractivity contribution is -0.108. The molecule has 3 nitrogen and oxygen atoms in total. The van der Waals surface area contributed by atoms with Crippen LogP contribution < -0.4 is 4.74 Å². The highest BCUT2D eigenvalue weighted by Crippen LogP contribution is 2.29. The molecule has 0 saturated heterocycles. The van der Waals surface area contributed by atoms with Crippen molar-refractivity contribution >= 4 is 33.8 Å². The summed E-state index contributed by atoms with van der Waals surface area (Å²) < 4.78 is 5.50. The molecule has 3 rings (SSSR count). The van der Waals surface area contributed by atoms with Gasteiger partial charge in [0.25, 0.3) is 0 Å². The zero-order valence-electron chi connectivity index (χ0n) is 17.6. The van der Waals surface area contributed by atoms with E-state index in [1.54, 1.807) is 12.3 Å². The molecule has 0 heterocycles. The molecule has 160 valence electrons. The van der Waals surface area contributed by atoms with Crippen molar-refractivity contribution in [2.24, 2.45) is 0 Å². The van der Waals surface area contributed by atoms with E-state index in [4.69, 9.17) is 4.74 Å². The maximum atomic E-state index is 11.8. The molecule has 0 unspecified atom stereocenters.